The molecule has 0 amide bonds. The molecule has 1 fully saturated rings. The van der Waals surface area contributed by atoms with Crippen LogP contribution in [0.2, 0.25) is 0 Å². The van der Waals surface area contributed by atoms with Crippen molar-refractivity contribution >= 4 is 11.3 Å². The van der Waals surface area contributed by atoms with E-state index in [1.807, 2.05) is 11.3 Å². The molecule has 0 aromatic carbocycles. The van der Waals surface area contributed by atoms with Crippen LogP contribution in [0, 0.1) is 24.2 Å². The number of nitrogens with one attached hydrogen (secondary N) is 1. The van der Waals surface area contributed by atoms with E-state index in [0.29, 0.717) is 5.92 Å². The van der Waals surface area contributed by atoms with E-state index in [4.69, 9.17) is 5.26 Å². The molecule has 0 radical (unpaired) electrons. The molecule has 2 heterocycles. The molecule has 1 aliphatic rings. The van der Waals surface area contributed by atoms with Crippen LogP contribution < -0.4 is 5.32 Å². The predicted molar refractivity (Wildman–Crippen MR) is 53.8 cm³/mol. The summed E-state index contributed by atoms with van der Waals surface area (Å²) in [6.07, 6.45) is 0. The molecule has 13 heavy (non-hydrogen) atoms. The molecule has 0 bridgehead atoms. The third kappa shape index (κ3) is 1.60. The normalized spacial score (nSPS) is 27.4. The molecule has 0 saturated carbocycles. The van der Waals surface area contributed by atoms with Crippen LogP contribution in [0.5, 0.6) is 0 Å². The number of hydrogen-bond donors (Lipinski definition) is 1. The summed E-state index contributed by atoms with van der Waals surface area (Å²) in [4.78, 5) is 2.69. The molecule has 1 aromatic rings. The number of hydrogen-bond acceptors (Lipinski definition) is 3. The first-order valence-corrected chi connectivity index (χ1v) is 5.29. The van der Waals surface area contributed by atoms with Crippen molar-refractivity contribution in [2.75, 3.05) is 13.1 Å². The molecule has 0 aliphatic carbocycles. The highest BCUT2D eigenvalue weighted by atomic mass is 32.1. The zero-order valence-corrected chi connectivity index (χ0v) is 8.40. The van der Waals surface area contributed by atoms with Crippen molar-refractivity contribution in [3.63, 3.8) is 0 Å². The van der Waals surface area contributed by atoms with E-state index in [0.717, 1.165) is 13.1 Å². The van der Waals surface area contributed by atoms with Crippen molar-refractivity contribution in [3.05, 3.63) is 21.9 Å². The van der Waals surface area contributed by atoms with Crippen LogP contribution in [-0.2, 0) is 0 Å². The smallest absolute Gasteiger partial charge is 0.0676 e. The molecule has 68 valence electrons. The maximum absolute atomic E-state index is 8.92. The van der Waals surface area contributed by atoms with Crippen molar-refractivity contribution in [3.8, 4) is 6.07 Å². The number of nitriles is 1. The molecule has 2 rings (SSSR count). The summed E-state index contributed by atoms with van der Waals surface area (Å²) < 4.78 is 0. The van der Waals surface area contributed by atoms with Crippen molar-refractivity contribution < 1.29 is 0 Å². The first kappa shape index (κ1) is 8.74. The summed E-state index contributed by atoms with van der Waals surface area (Å²) in [5.41, 5.74) is 0. The van der Waals surface area contributed by atoms with Gasteiger partial charge >= 0.3 is 0 Å². The van der Waals surface area contributed by atoms with Crippen LogP contribution in [0.3, 0.4) is 0 Å². The summed E-state index contributed by atoms with van der Waals surface area (Å²) in [5.74, 6) is 0.585. The Kier molecular flexibility index (Phi) is 2.34. The average Bonchev–Trinajstić information content (AvgIpc) is 2.71. The SMILES string of the molecule is Cc1ccc([C@H]2CNC[C@H]2C#N)s1. The Labute approximate surface area is 82.2 Å². The minimum Gasteiger partial charge on any atom is -0.315 e. The molecule has 2 nitrogen and oxygen atoms in total. The minimum atomic E-state index is 0.165. The average molecular weight is 192 g/mol. The predicted octanol–water partition coefficient (Wildman–Crippen LogP) is 1.88. The molecule has 0 unspecified atom stereocenters. The van der Waals surface area contributed by atoms with Crippen LogP contribution in [0.4, 0.5) is 0 Å². The second-order valence-electron chi connectivity index (χ2n) is 3.45. The van der Waals surface area contributed by atoms with Gasteiger partial charge in [-0.15, -0.1) is 11.3 Å². The summed E-state index contributed by atoms with van der Waals surface area (Å²) in [7, 11) is 0. The quantitative estimate of drug-likeness (QED) is 0.737. The topological polar surface area (TPSA) is 35.8 Å². The van der Waals surface area contributed by atoms with Gasteiger partial charge in [-0.25, -0.2) is 0 Å². The van der Waals surface area contributed by atoms with E-state index in [1.54, 1.807) is 0 Å². The Morgan fingerprint density at radius 2 is 2.38 bits per heavy atom. The third-order valence-electron chi connectivity index (χ3n) is 2.51. The molecule has 1 aromatic heterocycles. The highest BCUT2D eigenvalue weighted by Crippen LogP contribution is 2.32. The van der Waals surface area contributed by atoms with Crippen LogP contribution in [-0.4, -0.2) is 13.1 Å². The zero-order chi connectivity index (χ0) is 9.26. The Morgan fingerprint density at radius 3 is 3.00 bits per heavy atom. The van der Waals surface area contributed by atoms with E-state index < -0.39 is 0 Å². The zero-order valence-electron chi connectivity index (χ0n) is 7.58. The fourth-order valence-electron chi connectivity index (χ4n) is 1.77. The first-order chi connectivity index (χ1) is 6.31. The second-order valence-corrected chi connectivity index (χ2v) is 4.77. The van der Waals surface area contributed by atoms with Gasteiger partial charge in [-0.3, -0.25) is 0 Å². The van der Waals surface area contributed by atoms with Gasteiger partial charge in [0.1, 0.15) is 0 Å². The minimum absolute atomic E-state index is 0.165. The molecule has 0 spiro atoms. The largest absolute Gasteiger partial charge is 0.315 e. The number of aryl methyl sites for hydroxylation is 1. The Morgan fingerprint density at radius 1 is 1.54 bits per heavy atom. The standard InChI is InChI=1S/C10H12N2S/c1-7-2-3-10(13-7)9-6-12-5-8(9)4-11/h2-3,8-9,12H,5-6H2,1H3/t8-,9+/m1/s1. The number of thiophene rings is 1. The third-order valence-corrected chi connectivity index (χ3v) is 3.64. The van der Waals surface area contributed by atoms with Gasteiger partial charge in [-0.1, -0.05) is 0 Å². The molecule has 1 aliphatic heterocycles. The van der Waals surface area contributed by atoms with Crippen LogP contribution in [0.25, 0.3) is 0 Å². The van der Waals surface area contributed by atoms with Gasteiger partial charge in [0.05, 0.1) is 12.0 Å². The van der Waals surface area contributed by atoms with Crippen LogP contribution in [0.15, 0.2) is 12.1 Å². The summed E-state index contributed by atoms with van der Waals surface area (Å²) in [5, 5.41) is 12.2. The van der Waals surface area contributed by atoms with E-state index in [-0.39, 0.29) is 5.92 Å². The van der Waals surface area contributed by atoms with Crippen molar-refractivity contribution in [2.45, 2.75) is 12.8 Å². The van der Waals surface area contributed by atoms with E-state index in [2.05, 4.69) is 30.4 Å². The summed E-state index contributed by atoms with van der Waals surface area (Å²) >= 11 is 1.81. The lowest BCUT2D eigenvalue weighted by Crippen LogP contribution is -2.07. The van der Waals surface area contributed by atoms with Crippen molar-refractivity contribution in [1.82, 2.24) is 5.32 Å². The van der Waals surface area contributed by atoms with Gasteiger partial charge in [-0.2, -0.15) is 5.26 Å². The maximum atomic E-state index is 8.92. The lowest BCUT2D eigenvalue weighted by molar-refractivity contribution is 0.657. The monoisotopic (exact) mass is 192 g/mol. The van der Waals surface area contributed by atoms with Gasteiger partial charge in [0, 0.05) is 28.8 Å². The molecule has 1 saturated heterocycles. The highest BCUT2D eigenvalue weighted by Gasteiger charge is 2.28. The van der Waals surface area contributed by atoms with Gasteiger partial charge in [0.15, 0.2) is 0 Å². The van der Waals surface area contributed by atoms with Crippen LogP contribution in [0.1, 0.15) is 15.7 Å². The molecule has 1 N–H and O–H groups in total. The van der Waals surface area contributed by atoms with Crippen molar-refractivity contribution in [2.24, 2.45) is 5.92 Å². The molecule has 3 heteroatoms. The lowest BCUT2D eigenvalue weighted by atomic mass is 9.96. The fourth-order valence-corrected chi connectivity index (χ4v) is 2.81. The maximum Gasteiger partial charge on any atom is 0.0676 e. The molecular formula is C10H12N2S. The lowest BCUT2D eigenvalue weighted by Gasteiger charge is -2.08. The van der Waals surface area contributed by atoms with Gasteiger partial charge in [-0.05, 0) is 19.1 Å². The second kappa shape index (κ2) is 3.49. The van der Waals surface area contributed by atoms with Gasteiger partial charge < -0.3 is 5.32 Å². The van der Waals surface area contributed by atoms with Crippen molar-refractivity contribution in [1.29, 1.82) is 5.26 Å². The van der Waals surface area contributed by atoms with Gasteiger partial charge in [0.2, 0.25) is 0 Å². The van der Waals surface area contributed by atoms with Gasteiger partial charge in [0.25, 0.3) is 0 Å². The van der Waals surface area contributed by atoms with E-state index in [1.165, 1.54) is 9.75 Å². The summed E-state index contributed by atoms with van der Waals surface area (Å²) in [6.45, 7) is 3.91. The fraction of sp³-hybridized carbons (Fsp3) is 0.500. The highest BCUT2D eigenvalue weighted by molar-refractivity contribution is 7.12. The Hall–Kier alpha value is -0.850. The number of rotatable bonds is 1. The molecule has 2 atom stereocenters. The number of nitrogens with zero attached hydrogens (tertiary/aromatic N) is 1. The van der Waals surface area contributed by atoms with E-state index >= 15 is 0 Å². The summed E-state index contributed by atoms with van der Waals surface area (Å²) in [6, 6.07) is 6.65. The first-order valence-electron chi connectivity index (χ1n) is 4.48. The van der Waals surface area contributed by atoms with E-state index in [9.17, 15) is 0 Å². The Balaban J connectivity index is 2.21. The Bertz CT molecular complexity index is 337. The van der Waals surface area contributed by atoms with Crippen LogP contribution >= 0.6 is 11.3 Å². The molecular weight excluding hydrogens is 180 g/mol.